The van der Waals surface area contributed by atoms with Crippen molar-refractivity contribution >= 4 is 55.7 Å². The number of aromatic nitrogens is 1. The second-order valence-electron chi connectivity index (χ2n) is 3.92. The van der Waals surface area contributed by atoms with E-state index in [0.717, 1.165) is 26.9 Å². The maximum Gasteiger partial charge on any atom is 0.177 e. The van der Waals surface area contributed by atoms with Gasteiger partial charge in [0, 0.05) is 15.4 Å². The van der Waals surface area contributed by atoms with Gasteiger partial charge in [0.15, 0.2) is 11.6 Å². The highest BCUT2D eigenvalue weighted by Crippen LogP contribution is 2.38. The third kappa shape index (κ3) is 2.56. The quantitative estimate of drug-likeness (QED) is 0.562. The number of nitrogens with zero attached hydrogens (tertiary/aromatic N) is 1. The monoisotopic (exact) mass is 446 g/mol. The van der Waals surface area contributed by atoms with Crippen LogP contribution in [0.25, 0.3) is 22.5 Å². The molecule has 0 fully saturated rings. The molecule has 0 spiro atoms. The minimum Gasteiger partial charge on any atom is -0.380 e. The molecule has 0 aliphatic heterocycles. The number of hydrogen-bond donors (Lipinski definition) is 1. The predicted molar refractivity (Wildman–Crippen MR) is 90.1 cm³/mol. The van der Waals surface area contributed by atoms with E-state index in [1.807, 2.05) is 29.6 Å². The molecule has 6 heteroatoms. The van der Waals surface area contributed by atoms with Gasteiger partial charge in [-0.15, -0.1) is 11.3 Å². The first-order valence-corrected chi connectivity index (χ1v) is 8.16. The first kappa shape index (κ1) is 13.1. The van der Waals surface area contributed by atoms with Crippen LogP contribution in [-0.4, -0.2) is 5.16 Å². The zero-order chi connectivity index (χ0) is 13.4. The van der Waals surface area contributed by atoms with Gasteiger partial charge in [-0.25, -0.2) is 0 Å². The summed E-state index contributed by atoms with van der Waals surface area (Å²) in [4.78, 5) is 0. The Morgan fingerprint density at radius 2 is 1.95 bits per heavy atom. The van der Waals surface area contributed by atoms with Crippen molar-refractivity contribution in [1.82, 2.24) is 5.16 Å². The van der Waals surface area contributed by atoms with E-state index in [2.05, 4.69) is 49.7 Å². The first-order chi connectivity index (χ1) is 9.15. The third-order valence-electron chi connectivity index (χ3n) is 2.68. The van der Waals surface area contributed by atoms with E-state index in [1.165, 1.54) is 2.88 Å². The van der Waals surface area contributed by atoms with Crippen LogP contribution in [0.3, 0.4) is 0 Å². The number of hydrogen-bond acceptors (Lipinski definition) is 4. The van der Waals surface area contributed by atoms with E-state index < -0.39 is 0 Å². The largest absolute Gasteiger partial charge is 0.380 e. The lowest BCUT2D eigenvalue weighted by Crippen LogP contribution is -1.88. The van der Waals surface area contributed by atoms with E-state index >= 15 is 0 Å². The topological polar surface area (TPSA) is 52.0 Å². The summed E-state index contributed by atoms with van der Waals surface area (Å²) in [7, 11) is 0. The molecule has 0 atom stereocenters. The fraction of sp³-hybridized carbons (Fsp3) is 0. The van der Waals surface area contributed by atoms with Gasteiger partial charge in [-0.2, -0.15) is 0 Å². The second kappa shape index (κ2) is 5.26. The number of halogens is 2. The van der Waals surface area contributed by atoms with Crippen molar-refractivity contribution < 1.29 is 4.52 Å². The Labute approximate surface area is 136 Å². The van der Waals surface area contributed by atoms with Crippen molar-refractivity contribution in [1.29, 1.82) is 0 Å². The van der Waals surface area contributed by atoms with Crippen molar-refractivity contribution in [2.45, 2.75) is 0 Å². The SMILES string of the molecule is Nc1noc(-c2csc(I)c2)c1-c1ccc(Br)cc1. The Hall–Kier alpha value is -0.860. The van der Waals surface area contributed by atoms with Gasteiger partial charge >= 0.3 is 0 Å². The Morgan fingerprint density at radius 1 is 1.21 bits per heavy atom. The van der Waals surface area contributed by atoms with E-state index in [-0.39, 0.29) is 0 Å². The van der Waals surface area contributed by atoms with Gasteiger partial charge < -0.3 is 10.3 Å². The molecule has 0 radical (unpaired) electrons. The minimum atomic E-state index is 0.415. The van der Waals surface area contributed by atoms with Gasteiger partial charge in [0.2, 0.25) is 0 Å². The van der Waals surface area contributed by atoms with Crippen molar-refractivity contribution in [2.75, 3.05) is 5.73 Å². The summed E-state index contributed by atoms with van der Waals surface area (Å²) < 4.78 is 7.62. The molecule has 0 amide bonds. The number of anilines is 1. The molecule has 2 aromatic heterocycles. The highest BCUT2D eigenvalue weighted by atomic mass is 127. The van der Waals surface area contributed by atoms with Crippen LogP contribution < -0.4 is 5.73 Å². The lowest BCUT2D eigenvalue weighted by molar-refractivity contribution is 0.436. The summed E-state index contributed by atoms with van der Waals surface area (Å²) in [6.45, 7) is 0. The van der Waals surface area contributed by atoms with Gasteiger partial charge in [-0.3, -0.25) is 0 Å². The molecule has 0 bridgehead atoms. The Morgan fingerprint density at radius 3 is 2.58 bits per heavy atom. The molecule has 0 unspecified atom stereocenters. The smallest absolute Gasteiger partial charge is 0.177 e. The molecule has 3 rings (SSSR count). The van der Waals surface area contributed by atoms with Crippen LogP contribution in [0.1, 0.15) is 0 Å². The second-order valence-corrected chi connectivity index (χ2v) is 7.64. The number of nitrogen functional groups attached to an aromatic ring is 1. The molecule has 2 heterocycles. The third-order valence-corrected chi connectivity index (χ3v) is 5.00. The fourth-order valence-corrected chi connectivity index (χ4v) is 3.42. The van der Waals surface area contributed by atoms with Gasteiger partial charge in [0.05, 0.1) is 8.45 Å². The van der Waals surface area contributed by atoms with Gasteiger partial charge in [-0.1, -0.05) is 33.2 Å². The van der Waals surface area contributed by atoms with Crippen LogP contribution in [0.2, 0.25) is 0 Å². The molecule has 3 aromatic rings. The highest BCUT2D eigenvalue weighted by Gasteiger charge is 2.18. The van der Waals surface area contributed by atoms with E-state index in [0.29, 0.717) is 5.82 Å². The van der Waals surface area contributed by atoms with Crippen molar-refractivity contribution in [3.8, 4) is 22.5 Å². The molecule has 19 heavy (non-hydrogen) atoms. The molecule has 96 valence electrons. The fourth-order valence-electron chi connectivity index (χ4n) is 1.82. The van der Waals surface area contributed by atoms with Crippen molar-refractivity contribution in [2.24, 2.45) is 0 Å². The molecular formula is C13H8BrIN2OS. The Bertz CT molecular complexity index is 721. The zero-order valence-electron chi connectivity index (χ0n) is 9.56. The van der Waals surface area contributed by atoms with Gasteiger partial charge in [-0.05, 0) is 46.4 Å². The van der Waals surface area contributed by atoms with E-state index in [9.17, 15) is 0 Å². The van der Waals surface area contributed by atoms with E-state index in [4.69, 9.17) is 10.3 Å². The number of rotatable bonds is 2. The van der Waals surface area contributed by atoms with E-state index in [1.54, 1.807) is 11.3 Å². The molecule has 0 saturated heterocycles. The normalized spacial score (nSPS) is 10.8. The molecule has 0 aliphatic carbocycles. The molecule has 1 aromatic carbocycles. The lowest BCUT2D eigenvalue weighted by atomic mass is 10.0. The standard InChI is InChI=1S/C13H8BrIN2OS/c14-9-3-1-7(2-4-9)11-12(18-17-13(11)16)8-5-10(15)19-6-8/h1-6H,(H2,16,17). The zero-order valence-corrected chi connectivity index (χ0v) is 14.1. The predicted octanol–water partition coefficient (Wildman–Crippen LogP) is 5.02. The van der Waals surface area contributed by atoms with Gasteiger partial charge in [0.25, 0.3) is 0 Å². The van der Waals surface area contributed by atoms with Crippen LogP contribution in [0.4, 0.5) is 5.82 Å². The number of thiophene rings is 1. The Kier molecular flexibility index (Phi) is 3.64. The summed E-state index contributed by atoms with van der Waals surface area (Å²) in [6, 6.07) is 10.0. The average Bonchev–Trinajstić information content (AvgIpc) is 2.97. The summed E-state index contributed by atoms with van der Waals surface area (Å²) in [5.74, 6) is 1.14. The molecular weight excluding hydrogens is 439 g/mol. The Balaban J connectivity index is 2.16. The minimum absolute atomic E-state index is 0.415. The summed E-state index contributed by atoms with van der Waals surface area (Å²) in [6.07, 6.45) is 0. The first-order valence-electron chi connectivity index (χ1n) is 5.40. The lowest BCUT2D eigenvalue weighted by Gasteiger charge is -2.01. The maximum atomic E-state index is 5.94. The summed E-state index contributed by atoms with van der Waals surface area (Å²) >= 11 is 7.37. The molecule has 2 N–H and O–H groups in total. The van der Waals surface area contributed by atoms with Crippen molar-refractivity contribution in [3.63, 3.8) is 0 Å². The van der Waals surface area contributed by atoms with Crippen LogP contribution in [0.15, 0.2) is 44.7 Å². The summed E-state index contributed by atoms with van der Waals surface area (Å²) in [5.41, 5.74) is 8.80. The molecule has 3 nitrogen and oxygen atoms in total. The van der Waals surface area contributed by atoms with Crippen LogP contribution in [0.5, 0.6) is 0 Å². The molecule has 0 aliphatic rings. The summed E-state index contributed by atoms with van der Waals surface area (Å²) in [5, 5.41) is 5.94. The van der Waals surface area contributed by atoms with Crippen LogP contribution in [0, 0.1) is 2.88 Å². The van der Waals surface area contributed by atoms with Gasteiger partial charge in [0.1, 0.15) is 0 Å². The van der Waals surface area contributed by atoms with Crippen molar-refractivity contribution in [3.05, 3.63) is 43.1 Å². The average molecular weight is 447 g/mol. The number of benzene rings is 1. The van der Waals surface area contributed by atoms with Crippen LogP contribution >= 0.6 is 49.9 Å². The maximum absolute atomic E-state index is 5.94. The van der Waals surface area contributed by atoms with Crippen LogP contribution in [-0.2, 0) is 0 Å². The molecule has 0 saturated carbocycles. The number of nitrogens with two attached hydrogens (primary N) is 1. The highest BCUT2D eigenvalue weighted by molar-refractivity contribution is 14.1.